The van der Waals surface area contributed by atoms with E-state index < -0.39 is 27.6 Å². The third kappa shape index (κ3) is 3.13. The van der Waals surface area contributed by atoms with E-state index in [1.54, 1.807) is 29.9 Å². The quantitative estimate of drug-likeness (QED) is 0.551. The molecule has 0 spiro atoms. The molecule has 0 bridgehead atoms. The summed E-state index contributed by atoms with van der Waals surface area (Å²) >= 11 is 0. The van der Waals surface area contributed by atoms with E-state index in [0.717, 1.165) is 6.54 Å². The van der Waals surface area contributed by atoms with Gasteiger partial charge in [0.2, 0.25) is 0 Å². The fourth-order valence-electron chi connectivity index (χ4n) is 4.07. The van der Waals surface area contributed by atoms with Crippen LogP contribution in [0.15, 0.2) is 18.3 Å². The van der Waals surface area contributed by atoms with Gasteiger partial charge in [0.1, 0.15) is 0 Å². The van der Waals surface area contributed by atoms with Gasteiger partial charge in [-0.1, -0.05) is 0 Å². The lowest BCUT2D eigenvalue weighted by molar-refractivity contribution is -0.132. The van der Waals surface area contributed by atoms with E-state index in [1.165, 1.54) is 17.7 Å². The number of nitrogens with zero attached hydrogens (tertiary/aromatic N) is 3. The number of amides is 1. The Labute approximate surface area is 147 Å². The second-order valence-corrected chi connectivity index (χ2v) is 9.64. The average molecular weight is 365 g/mol. The zero-order valence-corrected chi connectivity index (χ0v) is 15.1. The fourth-order valence-corrected chi connectivity index (χ4v) is 6.08. The third-order valence-electron chi connectivity index (χ3n) is 5.61. The van der Waals surface area contributed by atoms with Crippen molar-refractivity contribution in [2.75, 3.05) is 31.1 Å². The lowest BCUT2D eigenvalue weighted by atomic mass is 10.0. The van der Waals surface area contributed by atoms with E-state index in [2.05, 4.69) is 4.90 Å². The molecule has 2 saturated heterocycles. The molecule has 4 rings (SSSR count). The van der Waals surface area contributed by atoms with Crippen LogP contribution in [0.4, 0.5) is 0 Å². The van der Waals surface area contributed by atoms with Crippen LogP contribution in [0.1, 0.15) is 23.3 Å². The van der Waals surface area contributed by atoms with Crippen molar-refractivity contribution in [3.05, 3.63) is 24.0 Å². The summed E-state index contributed by atoms with van der Waals surface area (Å²) in [4.78, 5) is 29.1. The van der Waals surface area contributed by atoms with E-state index in [9.17, 15) is 18.0 Å². The van der Waals surface area contributed by atoms with Crippen molar-refractivity contribution in [3.63, 3.8) is 0 Å². The topological polar surface area (TPSA) is 79.7 Å². The number of rotatable bonds is 4. The number of Topliss-reactive ketones (excluding diaryl/α,β-unsaturated/α-hetero) is 1. The predicted molar refractivity (Wildman–Crippen MR) is 92.0 cm³/mol. The van der Waals surface area contributed by atoms with Gasteiger partial charge in [0, 0.05) is 38.9 Å². The maximum atomic E-state index is 12.8. The molecule has 8 heteroatoms. The van der Waals surface area contributed by atoms with Crippen LogP contribution in [-0.2, 0) is 21.7 Å². The van der Waals surface area contributed by atoms with Gasteiger partial charge in [-0.25, -0.2) is 8.42 Å². The number of carbonyl (C=O) groups is 2. The highest BCUT2D eigenvalue weighted by atomic mass is 32.2. The minimum atomic E-state index is -3.18. The second kappa shape index (κ2) is 5.95. The van der Waals surface area contributed by atoms with Crippen LogP contribution >= 0.6 is 0 Å². The van der Waals surface area contributed by atoms with Crippen molar-refractivity contribution < 1.29 is 18.0 Å². The molecular weight excluding hydrogens is 342 g/mol. The zero-order chi connectivity index (χ0) is 17.8. The number of aromatic nitrogens is 1. The highest BCUT2D eigenvalue weighted by Crippen LogP contribution is 2.34. The summed E-state index contributed by atoms with van der Waals surface area (Å²) in [7, 11) is -1.46. The molecule has 2 atom stereocenters. The van der Waals surface area contributed by atoms with E-state index >= 15 is 0 Å². The van der Waals surface area contributed by atoms with Crippen LogP contribution in [0.3, 0.4) is 0 Å². The van der Waals surface area contributed by atoms with Crippen molar-refractivity contribution in [1.29, 1.82) is 0 Å². The Morgan fingerprint density at radius 3 is 2.52 bits per heavy atom. The Hall–Kier alpha value is -1.67. The summed E-state index contributed by atoms with van der Waals surface area (Å²) in [5, 5.41) is 0. The van der Waals surface area contributed by atoms with Gasteiger partial charge in [-0.15, -0.1) is 0 Å². The van der Waals surface area contributed by atoms with E-state index in [-0.39, 0.29) is 17.5 Å². The average Bonchev–Trinajstić information content (AvgIpc) is 3.16. The van der Waals surface area contributed by atoms with Crippen molar-refractivity contribution in [3.8, 4) is 0 Å². The molecule has 1 aromatic heterocycles. The van der Waals surface area contributed by atoms with Crippen LogP contribution in [0.25, 0.3) is 0 Å². The van der Waals surface area contributed by atoms with Gasteiger partial charge in [-0.05, 0) is 30.9 Å². The molecular formula is C17H23N3O4S. The molecule has 3 aliphatic rings. The first-order valence-electron chi connectivity index (χ1n) is 8.77. The molecule has 1 saturated carbocycles. The largest absolute Gasteiger partial charge is 0.348 e. The SMILES string of the molecule is Cn1cccc1C(=O)C(=O)N1CCN(CC2CC2)[C@@H]2CS(=O)(=O)C[C@@H]21. The van der Waals surface area contributed by atoms with Crippen LogP contribution < -0.4 is 0 Å². The van der Waals surface area contributed by atoms with Crippen molar-refractivity contribution in [2.24, 2.45) is 13.0 Å². The molecule has 3 fully saturated rings. The maximum absolute atomic E-state index is 12.8. The maximum Gasteiger partial charge on any atom is 0.296 e. The predicted octanol–water partition coefficient (Wildman–Crippen LogP) is -0.0724. The number of carbonyl (C=O) groups excluding carboxylic acids is 2. The molecule has 0 N–H and O–H groups in total. The van der Waals surface area contributed by atoms with Crippen molar-refractivity contribution in [2.45, 2.75) is 24.9 Å². The minimum Gasteiger partial charge on any atom is -0.348 e. The smallest absolute Gasteiger partial charge is 0.296 e. The zero-order valence-electron chi connectivity index (χ0n) is 14.3. The van der Waals surface area contributed by atoms with Gasteiger partial charge in [0.15, 0.2) is 9.84 Å². The molecule has 1 aliphatic carbocycles. The normalized spacial score (nSPS) is 28.8. The first-order valence-corrected chi connectivity index (χ1v) is 10.6. The number of fused-ring (bicyclic) bond motifs is 1. The van der Waals surface area contributed by atoms with E-state index in [0.29, 0.717) is 24.7 Å². The fraction of sp³-hybridized carbons (Fsp3) is 0.647. The first kappa shape index (κ1) is 16.8. The van der Waals surface area contributed by atoms with Gasteiger partial charge in [0.25, 0.3) is 11.7 Å². The number of ketones is 1. The molecule has 1 aromatic rings. The Morgan fingerprint density at radius 2 is 1.88 bits per heavy atom. The van der Waals surface area contributed by atoms with E-state index in [4.69, 9.17) is 0 Å². The van der Waals surface area contributed by atoms with Crippen molar-refractivity contribution in [1.82, 2.24) is 14.4 Å². The van der Waals surface area contributed by atoms with Crippen LogP contribution in [0.2, 0.25) is 0 Å². The number of hydrogen-bond donors (Lipinski definition) is 0. The van der Waals surface area contributed by atoms with Crippen LogP contribution in [0, 0.1) is 5.92 Å². The molecule has 0 radical (unpaired) electrons. The van der Waals surface area contributed by atoms with Crippen LogP contribution in [-0.4, -0.2) is 77.7 Å². The highest BCUT2D eigenvalue weighted by molar-refractivity contribution is 7.91. The number of piperazine rings is 1. The Bertz CT molecular complexity index is 812. The molecule has 136 valence electrons. The second-order valence-electron chi connectivity index (χ2n) is 7.48. The van der Waals surface area contributed by atoms with E-state index in [1.807, 2.05) is 0 Å². The third-order valence-corrected chi connectivity index (χ3v) is 7.31. The minimum absolute atomic E-state index is 0.0367. The van der Waals surface area contributed by atoms with Gasteiger partial charge in [-0.2, -0.15) is 0 Å². The molecule has 2 aliphatic heterocycles. The number of aryl methyl sites for hydroxylation is 1. The molecule has 7 nitrogen and oxygen atoms in total. The van der Waals surface area contributed by atoms with Gasteiger partial charge in [0.05, 0.1) is 23.2 Å². The standard InChI is InChI=1S/C17H23N3O4S/c1-18-6-2-3-13(18)16(21)17(22)20-8-7-19(9-12-4-5-12)14-10-25(23,24)11-15(14)20/h2-3,6,12,14-15H,4-5,7-11H2,1H3/t14-,15+/m1/s1. The molecule has 1 amide bonds. The summed E-state index contributed by atoms with van der Waals surface area (Å²) in [5.74, 6) is -0.431. The lowest BCUT2D eigenvalue weighted by Crippen LogP contribution is -2.62. The Kier molecular flexibility index (Phi) is 3.99. The summed E-state index contributed by atoms with van der Waals surface area (Å²) in [5.41, 5.74) is 0.336. The monoisotopic (exact) mass is 365 g/mol. The number of hydrogen-bond acceptors (Lipinski definition) is 5. The van der Waals surface area contributed by atoms with Crippen molar-refractivity contribution >= 4 is 21.5 Å². The molecule has 0 aromatic carbocycles. The Morgan fingerprint density at radius 1 is 1.16 bits per heavy atom. The van der Waals surface area contributed by atoms with Gasteiger partial charge in [-0.3, -0.25) is 14.5 Å². The summed E-state index contributed by atoms with van der Waals surface area (Å²) in [6.07, 6.45) is 4.13. The number of sulfone groups is 1. The molecule has 0 unspecified atom stereocenters. The van der Waals surface area contributed by atoms with Gasteiger partial charge >= 0.3 is 0 Å². The highest BCUT2D eigenvalue weighted by Gasteiger charge is 2.49. The Balaban J connectivity index is 1.57. The van der Waals surface area contributed by atoms with Crippen LogP contribution in [0.5, 0.6) is 0 Å². The lowest BCUT2D eigenvalue weighted by Gasteiger charge is -2.43. The summed E-state index contributed by atoms with van der Waals surface area (Å²) in [6.45, 7) is 1.96. The summed E-state index contributed by atoms with van der Waals surface area (Å²) in [6, 6.07) is 2.75. The molecule has 25 heavy (non-hydrogen) atoms. The van der Waals surface area contributed by atoms with Gasteiger partial charge < -0.3 is 9.47 Å². The molecule has 3 heterocycles. The summed E-state index contributed by atoms with van der Waals surface area (Å²) < 4.78 is 26.0. The first-order chi connectivity index (χ1) is 11.9.